The number of carbonyl (C=O) groups excluding carboxylic acids is 6. The number of hydrogen-bond donors (Lipinski definition) is 8. The Kier molecular flexibility index (Phi) is 13.8. The fraction of sp³-hybridized carbons (Fsp3) is 0.400. The van der Waals surface area contributed by atoms with Crippen LogP contribution in [0.15, 0.2) is 84.9 Å². The molecule has 3 aromatic carbocycles. The summed E-state index contributed by atoms with van der Waals surface area (Å²) >= 11 is 0. The smallest absolute Gasteiger partial charge is 0.243 e. The number of rotatable bonds is 9. The fourth-order valence-electron chi connectivity index (χ4n) is 6.99. The lowest BCUT2D eigenvalue weighted by atomic mass is 9.82. The molecule has 3 fully saturated rings. The Morgan fingerprint density at radius 3 is 1.80 bits per heavy atom. The van der Waals surface area contributed by atoms with Crippen LogP contribution in [0.25, 0.3) is 0 Å². The summed E-state index contributed by atoms with van der Waals surface area (Å²) in [5.41, 5.74) is 14.1. The first-order valence-electron chi connectivity index (χ1n) is 18.3. The quantitative estimate of drug-likeness (QED) is 0.145. The third-order valence-electron chi connectivity index (χ3n) is 10.0. The molecule has 5 atom stereocenters. The largest absolute Gasteiger partial charge is 0.508 e. The van der Waals surface area contributed by atoms with Crippen LogP contribution in [-0.2, 0) is 48.0 Å². The van der Waals surface area contributed by atoms with Crippen molar-refractivity contribution in [3.63, 3.8) is 0 Å². The first-order chi connectivity index (χ1) is 25.9. The van der Waals surface area contributed by atoms with Gasteiger partial charge in [0.05, 0.1) is 12.5 Å². The molecule has 2 bridgehead atoms. The van der Waals surface area contributed by atoms with E-state index in [9.17, 15) is 33.9 Å². The van der Waals surface area contributed by atoms with Crippen LogP contribution in [-0.4, -0.2) is 76.8 Å². The van der Waals surface area contributed by atoms with Crippen molar-refractivity contribution in [2.24, 2.45) is 17.4 Å². The van der Waals surface area contributed by atoms with Crippen molar-refractivity contribution >= 4 is 35.4 Å². The number of nitrogens with one attached hydrogen (secondary N) is 5. The Morgan fingerprint density at radius 1 is 0.704 bits per heavy atom. The monoisotopic (exact) mass is 739 g/mol. The number of phenols is 1. The van der Waals surface area contributed by atoms with E-state index in [1.54, 1.807) is 54.6 Å². The Morgan fingerprint density at radius 2 is 1.24 bits per heavy atom. The molecule has 2 aliphatic heterocycles. The maximum atomic E-state index is 14.2. The highest BCUT2D eigenvalue weighted by molar-refractivity contribution is 5.97. The van der Waals surface area contributed by atoms with Crippen LogP contribution in [0.3, 0.4) is 0 Å². The number of amides is 6. The van der Waals surface area contributed by atoms with Crippen molar-refractivity contribution in [3.05, 3.63) is 102 Å². The molecule has 3 aromatic rings. The van der Waals surface area contributed by atoms with Crippen LogP contribution in [0.2, 0.25) is 0 Å². The lowest BCUT2D eigenvalue weighted by molar-refractivity contribution is -0.135. The number of aromatic hydroxyl groups is 1. The number of primary amides is 1. The molecule has 0 radical (unpaired) electrons. The van der Waals surface area contributed by atoms with Gasteiger partial charge in [-0.3, -0.25) is 28.8 Å². The zero-order valence-electron chi connectivity index (χ0n) is 30.0. The van der Waals surface area contributed by atoms with Crippen molar-refractivity contribution in [2.45, 2.75) is 94.0 Å². The molecule has 286 valence electrons. The Labute approximate surface area is 314 Å². The Balaban J connectivity index is 1.45. The minimum absolute atomic E-state index is 0.00397. The third kappa shape index (κ3) is 11.6. The number of nitrogens with two attached hydrogens (primary N) is 2. The van der Waals surface area contributed by atoms with Gasteiger partial charge in [-0.2, -0.15) is 0 Å². The lowest BCUT2D eigenvalue weighted by Gasteiger charge is -2.33. The van der Waals surface area contributed by atoms with Crippen LogP contribution >= 0.6 is 0 Å². The number of hydrogen-bond acceptors (Lipinski definition) is 8. The predicted octanol–water partition coefficient (Wildman–Crippen LogP) is 0.641. The summed E-state index contributed by atoms with van der Waals surface area (Å²) in [5.74, 6) is -3.83. The molecule has 0 unspecified atom stereocenters. The predicted molar refractivity (Wildman–Crippen MR) is 200 cm³/mol. The molecule has 1 saturated carbocycles. The van der Waals surface area contributed by atoms with Crippen LogP contribution in [0.4, 0.5) is 0 Å². The van der Waals surface area contributed by atoms with Gasteiger partial charge < -0.3 is 43.2 Å². The number of fused-ring (bicyclic) bond motifs is 15. The van der Waals surface area contributed by atoms with Gasteiger partial charge in [0.2, 0.25) is 35.4 Å². The molecule has 2 heterocycles. The number of carbonyl (C=O) groups is 6. The van der Waals surface area contributed by atoms with Gasteiger partial charge in [-0.25, -0.2) is 0 Å². The molecule has 3 aliphatic rings. The second-order valence-corrected chi connectivity index (χ2v) is 14.2. The normalized spacial score (nSPS) is 24.8. The maximum absolute atomic E-state index is 14.2. The van der Waals surface area contributed by atoms with Crippen LogP contribution in [0, 0.1) is 5.92 Å². The SMILES string of the molecule is NC(=O)[C@@H]1CC(=O)NC2CCC(CC2)C[C@@H](NC(=O)[C@@H](N)Cc2ccc(O)cc2)C(=O)N[C@@H](Cc2ccccc2)C(=O)N[C@@H](Cc2ccccc2)C(=O)N1. The van der Waals surface area contributed by atoms with Gasteiger partial charge in [0.15, 0.2) is 0 Å². The zero-order valence-corrected chi connectivity index (χ0v) is 30.0. The molecule has 14 heteroatoms. The van der Waals surface area contributed by atoms with E-state index < -0.39 is 65.7 Å². The molecule has 6 rings (SSSR count). The van der Waals surface area contributed by atoms with E-state index in [0.717, 1.165) is 11.1 Å². The molecule has 2 saturated heterocycles. The summed E-state index contributed by atoms with van der Waals surface area (Å²) in [4.78, 5) is 81.2. The first-order valence-corrected chi connectivity index (χ1v) is 18.3. The molecule has 0 spiro atoms. The van der Waals surface area contributed by atoms with Crippen molar-refractivity contribution in [1.29, 1.82) is 0 Å². The van der Waals surface area contributed by atoms with Crippen LogP contribution in [0.5, 0.6) is 5.75 Å². The van der Waals surface area contributed by atoms with E-state index in [4.69, 9.17) is 11.5 Å². The van der Waals surface area contributed by atoms with Gasteiger partial charge in [-0.15, -0.1) is 0 Å². The third-order valence-corrected chi connectivity index (χ3v) is 10.0. The van der Waals surface area contributed by atoms with Crippen molar-refractivity contribution in [3.8, 4) is 5.75 Å². The van der Waals surface area contributed by atoms with E-state index in [1.807, 2.05) is 18.2 Å². The minimum atomic E-state index is -1.33. The first kappa shape index (κ1) is 39.4. The molecular formula is C40H49N7O7. The summed E-state index contributed by atoms with van der Waals surface area (Å²) in [7, 11) is 0. The van der Waals surface area contributed by atoms with Crippen molar-refractivity contribution in [2.75, 3.05) is 0 Å². The van der Waals surface area contributed by atoms with Gasteiger partial charge in [0, 0.05) is 18.9 Å². The van der Waals surface area contributed by atoms with Crippen LogP contribution < -0.4 is 38.1 Å². The van der Waals surface area contributed by atoms with Gasteiger partial charge in [0.25, 0.3) is 0 Å². The van der Waals surface area contributed by atoms with E-state index in [1.165, 1.54) is 12.1 Å². The molecule has 54 heavy (non-hydrogen) atoms. The van der Waals surface area contributed by atoms with Crippen molar-refractivity contribution in [1.82, 2.24) is 26.6 Å². The summed E-state index contributed by atoms with van der Waals surface area (Å²) < 4.78 is 0. The van der Waals surface area contributed by atoms with Crippen molar-refractivity contribution < 1.29 is 33.9 Å². The molecule has 14 nitrogen and oxygen atoms in total. The second-order valence-electron chi connectivity index (χ2n) is 14.2. The summed E-state index contributed by atoms with van der Waals surface area (Å²) in [6.07, 6.45) is 2.58. The fourth-order valence-corrected chi connectivity index (χ4v) is 6.99. The number of phenolic OH excluding ortho intramolecular Hbond substituents is 1. The zero-order chi connectivity index (χ0) is 38.6. The number of benzene rings is 3. The summed E-state index contributed by atoms with van der Waals surface area (Å²) in [5, 5.41) is 23.6. The molecule has 10 N–H and O–H groups in total. The maximum Gasteiger partial charge on any atom is 0.243 e. The molecular weight excluding hydrogens is 690 g/mol. The molecule has 1 aliphatic carbocycles. The molecule has 0 aromatic heterocycles. The van der Waals surface area contributed by atoms with Gasteiger partial charge in [0.1, 0.15) is 29.9 Å². The van der Waals surface area contributed by atoms with E-state index in [-0.39, 0.29) is 49.8 Å². The highest BCUT2D eigenvalue weighted by Crippen LogP contribution is 2.28. The summed E-state index contributed by atoms with van der Waals surface area (Å²) in [6, 6.07) is 18.3. The topological polar surface area (TPSA) is 235 Å². The average Bonchev–Trinajstić information content (AvgIpc) is 3.15. The van der Waals surface area contributed by atoms with Gasteiger partial charge in [-0.1, -0.05) is 72.8 Å². The van der Waals surface area contributed by atoms with E-state index in [0.29, 0.717) is 31.2 Å². The Hall–Kier alpha value is -5.76. The highest BCUT2D eigenvalue weighted by atomic mass is 16.3. The molecule has 6 amide bonds. The lowest BCUT2D eigenvalue weighted by Crippen LogP contribution is -2.60. The highest BCUT2D eigenvalue weighted by Gasteiger charge is 2.35. The van der Waals surface area contributed by atoms with Crippen LogP contribution in [0.1, 0.15) is 55.2 Å². The average molecular weight is 740 g/mol. The van der Waals surface area contributed by atoms with Gasteiger partial charge >= 0.3 is 0 Å². The second kappa shape index (κ2) is 18.8. The summed E-state index contributed by atoms with van der Waals surface area (Å²) in [6.45, 7) is 0. The Bertz CT molecular complexity index is 1770. The minimum Gasteiger partial charge on any atom is -0.508 e. The van der Waals surface area contributed by atoms with E-state index in [2.05, 4.69) is 26.6 Å². The van der Waals surface area contributed by atoms with E-state index >= 15 is 0 Å². The standard InChI is InChI=1S/C40H49N7O7/c41-30(19-26-13-17-29(48)18-14-26)37(51)45-32-22-27-11-15-28(16-12-27)43-35(49)23-31(36(42)50)44-38(52)33(20-24-7-3-1-4-8-24)46-40(54)34(47-39(32)53)21-25-9-5-2-6-10-25/h1-10,13-14,17-18,27-28,30-34,48H,11-12,15-16,19-23,41H2,(H2,42,50)(H,43,49)(H,44,52)(H,45,51)(H,46,54)(H,47,53)/t27?,28?,30-,31-,32+,33-,34-/m0/s1. The van der Waals surface area contributed by atoms with Gasteiger partial charge in [-0.05, 0) is 73.3 Å².